The van der Waals surface area contributed by atoms with Gasteiger partial charge in [0.1, 0.15) is 5.82 Å². The van der Waals surface area contributed by atoms with Crippen molar-refractivity contribution in [2.45, 2.75) is 30.4 Å². The number of aliphatic hydroxyl groups excluding tert-OH is 1. The fourth-order valence-electron chi connectivity index (χ4n) is 5.32. The van der Waals surface area contributed by atoms with E-state index in [2.05, 4.69) is 10.3 Å². The summed E-state index contributed by atoms with van der Waals surface area (Å²) in [5.41, 5.74) is 2.43. The SMILES string of the molecule is O=C(N[C@H]1c2ccccc2C2(CCN(C(=O)/C=C/c3cccc(F)c3)CC2)[C@@H]1O)c1cccnc1. The molecule has 2 aliphatic rings. The number of piperidine rings is 1. The van der Waals surface area contributed by atoms with E-state index in [1.54, 1.807) is 41.4 Å². The first kappa shape index (κ1) is 22.9. The van der Waals surface area contributed by atoms with Crippen molar-refractivity contribution in [3.63, 3.8) is 0 Å². The lowest BCUT2D eigenvalue weighted by molar-refractivity contribution is -0.128. The fraction of sp³-hybridized carbons (Fsp3) is 0.250. The minimum Gasteiger partial charge on any atom is -0.390 e. The zero-order chi connectivity index (χ0) is 24.4. The van der Waals surface area contributed by atoms with Crippen molar-refractivity contribution in [2.24, 2.45) is 0 Å². The Labute approximate surface area is 203 Å². The van der Waals surface area contributed by atoms with Crippen LogP contribution in [-0.2, 0) is 10.2 Å². The zero-order valence-electron chi connectivity index (χ0n) is 19.1. The van der Waals surface area contributed by atoms with Gasteiger partial charge in [-0.2, -0.15) is 0 Å². The Morgan fingerprint density at radius 2 is 1.89 bits per heavy atom. The molecule has 7 heteroatoms. The number of aromatic nitrogens is 1. The molecule has 0 saturated carbocycles. The molecule has 178 valence electrons. The summed E-state index contributed by atoms with van der Waals surface area (Å²) in [5, 5.41) is 14.5. The number of nitrogens with one attached hydrogen (secondary N) is 1. The third-order valence-electron chi connectivity index (χ3n) is 7.16. The fourth-order valence-corrected chi connectivity index (χ4v) is 5.32. The van der Waals surface area contributed by atoms with Crippen LogP contribution < -0.4 is 5.32 Å². The van der Waals surface area contributed by atoms with Crippen molar-refractivity contribution in [2.75, 3.05) is 13.1 Å². The molecule has 3 aromatic rings. The zero-order valence-corrected chi connectivity index (χ0v) is 19.1. The van der Waals surface area contributed by atoms with Gasteiger partial charge in [-0.1, -0.05) is 36.4 Å². The van der Waals surface area contributed by atoms with Crippen molar-refractivity contribution >= 4 is 17.9 Å². The van der Waals surface area contributed by atoms with Gasteiger partial charge in [0.2, 0.25) is 5.91 Å². The van der Waals surface area contributed by atoms with E-state index in [9.17, 15) is 19.1 Å². The third-order valence-corrected chi connectivity index (χ3v) is 7.16. The van der Waals surface area contributed by atoms with Crippen LogP contribution in [0.25, 0.3) is 6.08 Å². The number of hydrogen-bond donors (Lipinski definition) is 2. The van der Waals surface area contributed by atoms with Crippen molar-refractivity contribution in [1.82, 2.24) is 15.2 Å². The van der Waals surface area contributed by atoms with E-state index < -0.39 is 17.6 Å². The Bertz CT molecular complexity index is 1270. The molecule has 2 N–H and O–H groups in total. The lowest BCUT2D eigenvalue weighted by atomic mass is 9.72. The monoisotopic (exact) mass is 471 g/mol. The van der Waals surface area contributed by atoms with Crippen LogP contribution >= 0.6 is 0 Å². The number of carbonyl (C=O) groups is 2. The summed E-state index contributed by atoms with van der Waals surface area (Å²) < 4.78 is 13.4. The van der Waals surface area contributed by atoms with Crippen molar-refractivity contribution in [1.29, 1.82) is 0 Å². The van der Waals surface area contributed by atoms with Crippen LogP contribution in [0.2, 0.25) is 0 Å². The second kappa shape index (κ2) is 9.43. The first-order valence-electron chi connectivity index (χ1n) is 11.7. The Balaban J connectivity index is 1.32. The van der Waals surface area contributed by atoms with Gasteiger partial charge < -0.3 is 15.3 Å². The molecule has 1 saturated heterocycles. The minimum atomic E-state index is -0.819. The van der Waals surface area contributed by atoms with E-state index in [0.717, 1.165) is 11.1 Å². The van der Waals surface area contributed by atoms with E-state index >= 15 is 0 Å². The maximum Gasteiger partial charge on any atom is 0.253 e. The molecule has 2 amide bonds. The normalized spacial score (nSPS) is 20.7. The van der Waals surface area contributed by atoms with E-state index in [0.29, 0.717) is 37.1 Å². The van der Waals surface area contributed by atoms with Gasteiger partial charge in [-0.3, -0.25) is 14.6 Å². The number of nitrogens with zero attached hydrogens (tertiary/aromatic N) is 2. The van der Waals surface area contributed by atoms with Crippen LogP contribution in [0, 0.1) is 5.82 Å². The maximum absolute atomic E-state index is 13.4. The highest BCUT2D eigenvalue weighted by Gasteiger charge is 2.53. The van der Waals surface area contributed by atoms with Crippen LogP contribution in [-0.4, -0.2) is 46.0 Å². The van der Waals surface area contributed by atoms with Gasteiger partial charge >= 0.3 is 0 Å². The molecule has 1 aliphatic carbocycles. The van der Waals surface area contributed by atoms with Crippen LogP contribution in [0.5, 0.6) is 0 Å². The van der Waals surface area contributed by atoms with Crippen LogP contribution in [0.3, 0.4) is 0 Å². The number of benzene rings is 2. The number of hydrogen-bond acceptors (Lipinski definition) is 4. The number of likely N-dealkylation sites (tertiary alicyclic amines) is 1. The van der Waals surface area contributed by atoms with E-state index in [1.165, 1.54) is 24.4 Å². The summed E-state index contributed by atoms with van der Waals surface area (Å²) in [5.74, 6) is -0.783. The van der Waals surface area contributed by atoms with Gasteiger partial charge in [0.05, 0.1) is 17.7 Å². The molecule has 35 heavy (non-hydrogen) atoms. The molecular weight excluding hydrogens is 445 g/mol. The standard InChI is InChI=1S/C28H26FN3O3/c29-21-7-3-5-19(17-21)10-11-24(33)32-15-12-28(13-16-32)23-9-2-1-8-22(23)25(26(28)34)31-27(35)20-6-4-14-30-18-20/h1-11,14,17-18,25-26,34H,12-13,15-16H2,(H,31,35)/b11-10+/t25-,26+/m0/s1. The molecule has 1 spiro atoms. The number of amides is 2. The van der Waals surface area contributed by atoms with Gasteiger partial charge in [-0.15, -0.1) is 0 Å². The van der Waals surface area contributed by atoms with Gasteiger partial charge in [0.15, 0.2) is 0 Å². The lowest BCUT2D eigenvalue weighted by Crippen LogP contribution is -2.50. The highest BCUT2D eigenvalue weighted by Crippen LogP contribution is 2.51. The molecule has 1 aliphatic heterocycles. The second-order valence-electron chi connectivity index (χ2n) is 9.09. The van der Waals surface area contributed by atoms with Crippen LogP contribution in [0.1, 0.15) is 45.9 Å². The van der Waals surface area contributed by atoms with Crippen molar-refractivity contribution in [3.8, 4) is 0 Å². The number of fused-ring (bicyclic) bond motifs is 2. The van der Waals surface area contributed by atoms with Crippen molar-refractivity contribution < 1.29 is 19.1 Å². The maximum atomic E-state index is 13.4. The molecule has 2 aromatic carbocycles. The summed E-state index contributed by atoms with van der Waals surface area (Å²) >= 11 is 0. The van der Waals surface area contributed by atoms with Gasteiger partial charge in [-0.05, 0) is 59.9 Å². The first-order chi connectivity index (χ1) is 17.0. The third kappa shape index (κ3) is 4.35. The van der Waals surface area contributed by atoms with E-state index in [1.807, 2.05) is 24.3 Å². The summed E-state index contributed by atoms with van der Waals surface area (Å²) in [7, 11) is 0. The van der Waals surface area contributed by atoms with E-state index in [4.69, 9.17) is 0 Å². The molecular formula is C28H26FN3O3. The largest absolute Gasteiger partial charge is 0.390 e. The topological polar surface area (TPSA) is 82.5 Å². The Morgan fingerprint density at radius 1 is 1.09 bits per heavy atom. The number of halogens is 1. The molecule has 2 heterocycles. The average Bonchev–Trinajstić information content (AvgIpc) is 3.11. The van der Waals surface area contributed by atoms with Gasteiger partial charge in [0, 0.05) is 37.0 Å². The number of carbonyl (C=O) groups excluding carboxylic acids is 2. The lowest BCUT2D eigenvalue weighted by Gasteiger charge is -2.42. The van der Waals surface area contributed by atoms with Crippen molar-refractivity contribution in [3.05, 3.63) is 107 Å². The number of aliphatic hydroxyl groups is 1. The second-order valence-corrected chi connectivity index (χ2v) is 9.09. The van der Waals surface area contributed by atoms with Crippen LogP contribution in [0.15, 0.2) is 79.1 Å². The number of pyridine rings is 1. The molecule has 0 radical (unpaired) electrons. The van der Waals surface area contributed by atoms with Gasteiger partial charge in [0.25, 0.3) is 5.91 Å². The van der Waals surface area contributed by atoms with Crippen LogP contribution in [0.4, 0.5) is 4.39 Å². The van der Waals surface area contributed by atoms with E-state index in [-0.39, 0.29) is 17.6 Å². The number of rotatable bonds is 4. The smallest absolute Gasteiger partial charge is 0.253 e. The predicted molar refractivity (Wildman–Crippen MR) is 130 cm³/mol. The highest BCUT2D eigenvalue weighted by molar-refractivity contribution is 5.94. The molecule has 2 atom stereocenters. The predicted octanol–water partition coefficient (Wildman–Crippen LogP) is 3.64. The average molecular weight is 472 g/mol. The molecule has 1 fully saturated rings. The molecule has 6 nitrogen and oxygen atoms in total. The summed E-state index contributed by atoms with van der Waals surface area (Å²) in [4.78, 5) is 31.4. The Hall–Kier alpha value is -3.84. The summed E-state index contributed by atoms with van der Waals surface area (Å²) in [6.45, 7) is 0.946. The molecule has 5 rings (SSSR count). The minimum absolute atomic E-state index is 0.147. The molecule has 0 bridgehead atoms. The molecule has 0 unspecified atom stereocenters. The summed E-state index contributed by atoms with van der Waals surface area (Å²) in [6, 6.07) is 16.7. The molecule has 1 aromatic heterocycles. The quantitative estimate of drug-likeness (QED) is 0.570. The first-order valence-corrected chi connectivity index (χ1v) is 11.7. The highest BCUT2D eigenvalue weighted by atomic mass is 19.1. The Morgan fingerprint density at radius 3 is 2.63 bits per heavy atom. The van der Waals surface area contributed by atoms with Gasteiger partial charge in [-0.25, -0.2) is 4.39 Å². The Kier molecular flexibility index (Phi) is 6.17. The summed E-state index contributed by atoms with van der Waals surface area (Å²) in [6.07, 6.45) is 6.50.